The lowest BCUT2D eigenvalue weighted by molar-refractivity contribution is -0.383. The molecule has 0 aliphatic carbocycles. The first-order valence-corrected chi connectivity index (χ1v) is 6.64. The molecule has 0 unspecified atom stereocenters. The molecule has 23 heavy (non-hydrogen) atoms. The zero-order valence-electron chi connectivity index (χ0n) is 11.7. The number of imidazole rings is 1. The Balaban J connectivity index is 2.24. The first kappa shape index (κ1) is 14.5. The fourth-order valence-electron chi connectivity index (χ4n) is 2.23. The van der Waals surface area contributed by atoms with E-state index in [1.165, 1.54) is 16.9 Å². The lowest BCUT2D eigenvalue weighted by atomic mass is 10.2. The Hall–Kier alpha value is -3.42. The van der Waals surface area contributed by atoms with Crippen LogP contribution in [-0.4, -0.2) is 32.3 Å². The Kier molecular flexibility index (Phi) is 3.63. The number of aromatic nitrogens is 2. The van der Waals surface area contributed by atoms with Gasteiger partial charge < -0.3 is 9.94 Å². The number of non-ortho nitro benzene ring substituents is 1. The molecule has 1 heterocycles. The van der Waals surface area contributed by atoms with Gasteiger partial charge in [0, 0.05) is 11.6 Å². The molecule has 8 nitrogen and oxygen atoms in total. The second-order valence-electron chi connectivity index (χ2n) is 4.66. The fourth-order valence-corrected chi connectivity index (χ4v) is 2.23. The maximum absolute atomic E-state index is 11.2. The van der Waals surface area contributed by atoms with E-state index >= 15 is 0 Å². The predicted molar refractivity (Wildman–Crippen MR) is 80.9 cm³/mol. The maximum atomic E-state index is 11.2. The van der Waals surface area contributed by atoms with Gasteiger partial charge in [-0.1, -0.05) is 36.4 Å². The van der Waals surface area contributed by atoms with E-state index in [-0.39, 0.29) is 11.2 Å². The van der Waals surface area contributed by atoms with Gasteiger partial charge in [0.25, 0.3) is 5.69 Å². The Morgan fingerprint density at radius 2 is 1.96 bits per heavy atom. The lowest BCUT2D eigenvalue weighted by Crippen LogP contribution is -2.20. The number of hydrogen-bond acceptors (Lipinski definition) is 5. The van der Waals surface area contributed by atoms with Gasteiger partial charge in [-0.05, 0) is 6.07 Å². The molecule has 0 fully saturated rings. The van der Waals surface area contributed by atoms with E-state index in [2.05, 4.69) is 4.98 Å². The second-order valence-corrected chi connectivity index (χ2v) is 4.66. The van der Waals surface area contributed by atoms with Crippen molar-refractivity contribution in [3.63, 3.8) is 0 Å². The summed E-state index contributed by atoms with van der Waals surface area (Å²) in [6, 6.07) is 13.3. The highest BCUT2D eigenvalue weighted by Crippen LogP contribution is 2.29. The Morgan fingerprint density at radius 3 is 2.61 bits per heavy atom. The van der Waals surface area contributed by atoms with Crippen molar-refractivity contribution in [2.24, 2.45) is 0 Å². The summed E-state index contributed by atoms with van der Waals surface area (Å²) in [4.78, 5) is 31.0. The zero-order chi connectivity index (χ0) is 16.4. The molecule has 0 bridgehead atoms. The van der Waals surface area contributed by atoms with Gasteiger partial charge in [0.05, 0.1) is 4.92 Å². The number of hydrogen-bond donors (Lipinski definition) is 1. The number of aliphatic carboxylic acids is 1. The molecule has 0 radical (unpaired) electrons. The van der Waals surface area contributed by atoms with Crippen LogP contribution in [-0.2, 0) is 4.79 Å². The molecule has 0 saturated heterocycles. The van der Waals surface area contributed by atoms with Gasteiger partial charge >= 0.3 is 5.97 Å². The van der Waals surface area contributed by atoms with Crippen LogP contribution in [0.15, 0.2) is 48.5 Å². The number of fused-ring (bicyclic) bond motifs is 1. The van der Waals surface area contributed by atoms with Crippen LogP contribution in [0.2, 0.25) is 0 Å². The molecule has 3 rings (SSSR count). The van der Waals surface area contributed by atoms with Crippen LogP contribution in [0.5, 0.6) is 0 Å². The molecular formula is C15H11N3O5. The first-order chi connectivity index (χ1) is 11.1. The highest BCUT2D eigenvalue weighted by molar-refractivity contribution is 5.88. The Bertz CT molecular complexity index is 889. The van der Waals surface area contributed by atoms with Crippen molar-refractivity contribution < 1.29 is 19.7 Å². The normalized spacial score (nSPS) is 10.6. The van der Waals surface area contributed by atoms with Crippen LogP contribution in [0, 0.1) is 10.1 Å². The van der Waals surface area contributed by atoms with Crippen molar-refractivity contribution in [2.75, 3.05) is 6.61 Å². The van der Waals surface area contributed by atoms with E-state index in [1.807, 2.05) is 6.07 Å². The van der Waals surface area contributed by atoms with Crippen molar-refractivity contribution in [3.05, 3.63) is 58.6 Å². The van der Waals surface area contributed by atoms with Crippen molar-refractivity contribution >= 4 is 22.7 Å². The minimum Gasteiger partial charge on any atom is -0.479 e. The summed E-state index contributed by atoms with van der Waals surface area (Å²) >= 11 is 0. The molecule has 1 N–H and O–H groups in total. The third-order valence-electron chi connectivity index (χ3n) is 3.17. The minimum absolute atomic E-state index is 0.141. The third kappa shape index (κ3) is 2.69. The highest BCUT2D eigenvalue weighted by Gasteiger charge is 2.21. The van der Waals surface area contributed by atoms with Gasteiger partial charge in [-0.2, -0.15) is 4.73 Å². The molecule has 1 aromatic heterocycles. The summed E-state index contributed by atoms with van der Waals surface area (Å²) in [5.41, 5.74) is 0.960. The van der Waals surface area contributed by atoms with Gasteiger partial charge in [-0.15, -0.1) is 0 Å². The maximum Gasteiger partial charge on any atom is 0.344 e. The van der Waals surface area contributed by atoms with Crippen LogP contribution in [0.25, 0.3) is 22.4 Å². The molecule has 0 atom stereocenters. The van der Waals surface area contributed by atoms with Crippen molar-refractivity contribution in [2.45, 2.75) is 0 Å². The molecular weight excluding hydrogens is 302 g/mol. The standard InChI is InChI=1S/C15H11N3O5/c19-13(20)9-23-17-11-7-4-8-12(18(21)22)14(11)16-15(17)10-5-2-1-3-6-10/h1-8H,9H2,(H,19,20). The summed E-state index contributed by atoms with van der Waals surface area (Å²) in [7, 11) is 0. The largest absolute Gasteiger partial charge is 0.479 e. The average Bonchev–Trinajstić information content (AvgIpc) is 2.92. The number of nitro groups is 1. The Labute approximate surface area is 129 Å². The Morgan fingerprint density at radius 1 is 1.22 bits per heavy atom. The highest BCUT2D eigenvalue weighted by atomic mass is 16.7. The smallest absolute Gasteiger partial charge is 0.344 e. The van der Waals surface area contributed by atoms with Gasteiger partial charge in [-0.25, -0.2) is 9.78 Å². The fraction of sp³-hybridized carbons (Fsp3) is 0.0667. The van der Waals surface area contributed by atoms with Crippen LogP contribution in [0.3, 0.4) is 0 Å². The number of carbonyl (C=O) groups is 1. The number of rotatable bonds is 5. The summed E-state index contributed by atoms with van der Waals surface area (Å²) < 4.78 is 1.21. The van der Waals surface area contributed by atoms with Gasteiger partial charge in [0.1, 0.15) is 5.52 Å². The summed E-state index contributed by atoms with van der Waals surface area (Å²) in [5, 5.41) is 20.0. The number of carboxylic acids is 1. The summed E-state index contributed by atoms with van der Waals surface area (Å²) in [6.45, 7) is -0.589. The van der Waals surface area contributed by atoms with E-state index in [9.17, 15) is 14.9 Å². The van der Waals surface area contributed by atoms with Crippen LogP contribution >= 0.6 is 0 Å². The molecule has 0 aliphatic rings. The quantitative estimate of drug-likeness (QED) is 0.571. The van der Waals surface area contributed by atoms with Crippen LogP contribution in [0.4, 0.5) is 5.69 Å². The summed E-state index contributed by atoms with van der Waals surface area (Å²) in [5.74, 6) is -0.854. The van der Waals surface area contributed by atoms with E-state index in [4.69, 9.17) is 9.94 Å². The van der Waals surface area contributed by atoms with Crippen LogP contribution in [0.1, 0.15) is 0 Å². The van der Waals surface area contributed by atoms with Crippen molar-refractivity contribution in [3.8, 4) is 11.4 Å². The molecule has 3 aromatic rings. The minimum atomic E-state index is -1.16. The lowest BCUT2D eigenvalue weighted by Gasteiger charge is -2.08. The number of nitrogens with zero attached hydrogens (tertiary/aromatic N) is 3. The molecule has 116 valence electrons. The second kappa shape index (κ2) is 5.76. The number of benzene rings is 2. The molecule has 0 saturated carbocycles. The summed E-state index contributed by atoms with van der Waals surface area (Å²) in [6.07, 6.45) is 0. The molecule has 0 amide bonds. The first-order valence-electron chi connectivity index (χ1n) is 6.64. The predicted octanol–water partition coefficient (Wildman–Crippen LogP) is 2.12. The molecule has 2 aromatic carbocycles. The van der Waals surface area contributed by atoms with Crippen molar-refractivity contribution in [1.82, 2.24) is 9.71 Å². The van der Waals surface area contributed by atoms with Crippen molar-refractivity contribution in [1.29, 1.82) is 0 Å². The SMILES string of the molecule is O=C(O)COn1c(-c2ccccc2)nc2c([N+](=O)[O-])cccc21. The molecule has 8 heteroatoms. The molecule has 0 spiro atoms. The number of nitro benzene ring substituents is 1. The number of para-hydroxylation sites is 1. The van der Waals surface area contributed by atoms with Gasteiger partial charge in [0.15, 0.2) is 11.3 Å². The van der Waals surface area contributed by atoms with Gasteiger partial charge in [-0.3, -0.25) is 10.1 Å². The monoisotopic (exact) mass is 313 g/mol. The average molecular weight is 313 g/mol. The van der Waals surface area contributed by atoms with E-state index in [0.717, 1.165) is 0 Å². The van der Waals surface area contributed by atoms with E-state index < -0.39 is 17.5 Å². The van der Waals surface area contributed by atoms with Gasteiger partial charge in [0.2, 0.25) is 6.61 Å². The van der Waals surface area contributed by atoms with Crippen LogP contribution < -0.4 is 4.84 Å². The van der Waals surface area contributed by atoms with E-state index in [0.29, 0.717) is 16.9 Å². The van der Waals surface area contributed by atoms with E-state index in [1.54, 1.807) is 30.3 Å². The number of carboxylic acid groups (broad SMARTS) is 1. The topological polar surface area (TPSA) is 107 Å². The molecule has 0 aliphatic heterocycles. The third-order valence-corrected chi connectivity index (χ3v) is 3.17. The zero-order valence-corrected chi connectivity index (χ0v) is 11.7.